The molecule has 1 aromatic heterocycles. The average molecular weight is 476 g/mol. The van der Waals surface area contributed by atoms with Gasteiger partial charge in [-0.3, -0.25) is 9.78 Å². The van der Waals surface area contributed by atoms with Crippen LogP contribution in [0, 0.1) is 0 Å². The summed E-state index contributed by atoms with van der Waals surface area (Å²) in [6.45, 7) is 0.113. The molecule has 1 aliphatic rings. The lowest BCUT2D eigenvalue weighted by atomic mass is 10.1. The Morgan fingerprint density at radius 2 is 1.74 bits per heavy atom. The summed E-state index contributed by atoms with van der Waals surface area (Å²) in [5.41, 5.74) is 1.62. The van der Waals surface area contributed by atoms with E-state index in [4.69, 9.17) is 9.47 Å². The van der Waals surface area contributed by atoms with Gasteiger partial charge >= 0.3 is 0 Å². The zero-order valence-corrected chi connectivity index (χ0v) is 18.8. The van der Waals surface area contributed by atoms with E-state index in [1.807, 2.05) is 30.3 Å². The van der Waals surface area contributed by atoms with Gasteiger partial charge in [0, 0.05) is 23.3 Å². The standard InChI is InChI=1S/C25H21N3O5S/c29-25(27-19-11-12-21-22(15-19)33-16-32-21)20(14-17-6-2-1-3-7-17)28-34(30,31)23-10-4-8-18-9-5-13-26-24(18)23/h1-13,15,20,28H,14,16H2,(H,27,29). The number of aromatic nitrogens is 1. The molecule has 1 amide bonds. The first-order valence-corrected chi connectivity index (χ1v) is 12.1. The molecule has 1 aliphatic heterocycles. The van der Waals surface area contributed by atoms with Gasteiger partial charge in [0.05, 0.1) is 5.52 Å². The van der Waals surface area contributed by atoms with Crippen LogP contribution < -0.4 is 19.5 Å². The topological polar surface area (TPSA) is 107 Å². The molecule has 0 fully saturated rings. The van der Waals surface area contributed by atoms with Crippen molar-refractivity contribution in [1.29, 1.82) is 0 Å². The van der Waals surface area contributed by atoms with E-state index in [0.717, 1.165) is 5.56 Å². The maximum atomic E-state index is 13.4. The molecule has 1 atom stereocenters. The number of anilines is 1. The molecular formula is C25H21N3O5S. The van der Waals surface area contributed by atoms with Gasteiger partial charge in [-0.15, -0.1) is 0 Å². The number of fused-ring (bicyclic) bond motifs is 2. The Morgan fingerprint density at radius 1 is 0.941 bits per heavy atom. The number of nitrogens with one attached hydrogen (secondary N) is 2. The third-order valence-corrected chi connectivity index (χ3v) is 6.93. The lowest BCUT2D eigenvalue weighted by molar-refractivity contribution is -0.117. The van der Waals surface area contributed by atoms with Crippen LogP contribution in [0.5, 0.6) is 11.5 Å². The SMILES string of the molecule is O=C(Nc1ccc2c(c1)OCO2)C(Cc1ccccc1)NS(=O)(=O)c1cccc2cccnc12. The van der Waals surface area contributed by atoms with Gasteiger partial charge in [0.2, 0.25) is 22.7 Å². The fourth-order valence-corrected chi connectivity index (χ4v) is 5.16. The molecule has 34 heavy (non-hydrogen) atoms. The van der Waals surface area contributed by atoms with Crippen LogP contribution in [0.3, 0.4) is 0 Å². The van der Waals surface area contributed by atoms with E-state index in [-0.39, 0.29) is 18.1 Å². The van der Waals surface area contributed by atoms with E-state index in [0.29, 0.717) is 28.1 Å². The second-order valence-electron chi connectivity index (χ2n) is 7.75. The third-order valence-electron chi connectivity index (χ3n) is 5.42. The summed E-state index contributed by atoms with van der Waals surface area (Å²) in [6.07, 6.45) is 1.70. The van der Waals surface area contributed by atoms with Gasteiger partial charge in [-0.1, -0.05) is 48.5 Å². The first kappa shape index (κ1) is 21.9. The summed E-state index contributed by atoms with van der Waals surface area (Å²) < 4.78 is 40.0. The second kappa shape index (κ2) is 9.12. The number of amides is 1. The fraction of sp³-hybridized carbons (Fsp3) is 0.120. The predicted molar refractivity (Wildman–Crippen MR) is 127 cm³/mol. The maximum Gasteiger partial charge on any atom is 0.243 e. The maximum absolute atomic E-state index is 13.4. The number of nitrogens with zero attached hydrogens (tertiary/aromatic N) is 1. The summed E-state index contributed by atoms with van der Waals surface area (Å²) in [4.78, 5) is 17.5. The van der Waals surface area contributed by atoms with Crippen molar-refractivity contribution in [3.8, 4) is 11.5 Å². The highest BCUT2D eigenvalue weighted by atomic mass is 32.2. The highest BCUT2D eigenvalue weighted by molar-refractivity contribution is 7.89. The van der Waals surface area contributed by atoms with Gasteiger partial charge in [0.1, 0.15) is 10.9 Å². The number of sulfonamides is 1. The lowest BCUT2D eigenvalue weighted by Crippen LogP contribution is -2.45. The summed E-state index contributed by atoms with van der Waals surface area (Å²) >= 11 is 0. The minimum atomic E-state index is -4.07. The van der Waals surface area contributed by atoms with E-state index in [1.54, 1.807) is 42.5 Å². The zero-order chi connectivity index (χ0) is 23.5. The smallest absolute Gasteiger partial charge is 0.243 e. The first-order valence-electron chi connectivity index (χ1n) is 10.6. The van der Waals surface area contributed by atoms with Gasteiger partial charge in [-0.25, -0.2) is 8.42 Å². The van der Waals surface area contributed by atoms with Crippen molar-refractivity contribution < 1.29 is 22.7 Å². The van der Waals surface area contributed by atoms with Crippen LogP contribution >= 0.6 is 0 Å². The molecule has 0 aliphatic carbocycles. The Morgan fingerprint density at radius 3 is 2.59 bits per heavy atom. The van der Waals surface area contributed by atoms with Crippen LogP contribution in [0.1, 0.15) is 5.56 Å². The summed E-state index contributed by atoms with van der Waals surface area (Å²) in [6, 6.07) is 21.6. The molecule has 0 spiro atoms. The summed E-state index contributed by atoms with van der Waals surface area (Å²) in [7, 11) is -4.07. The molecule has 0 saturated carbocycles. The van der Waals surface area contributed by atoms with E-state index < -0.39 is 22.0 Å². The molecule has 0 saturated heterocycles. The Kier molecular flexibility index (Phi) is 5.87. The summed E-state index contributed by atoms with van der Waals surface area (Å²) in [5.74, 6) is 0.599. The number of rotatable bonds is 7. The van der Waals surface area contributed by atoms with Crippen LogP contribution in [0.15, 0.2) is 90.0 Å². The van der Waals surface area contributed by atoms with Crippen molar-refractivity contribution in [2.24, 2.45) is 0 Å². The average Bonchev–Trinajstić information content (AvgIpc) is 3.32. The van der Waals surface area contributed by atoms with Crippen molar-refractivity contribution in [3.63, 3.8) is 0 Å². The van der Waals surface area contributed by atoms with Crippen molar-refractivity contribution in [1.82, 2.24) is 9.71 Å². The third kappa shape index (κ3) is 4.57. The Bertz CT molecular complexity index is 1450. The number of para-hydroxylation sites is 1. The monoisotopic (exact) mass is 475 g/mol. The largest absolute Gasteiger partial charge is 0.454 e. The van der Waals surface area contributed by atoms with Gasteiger partial charge in [-0.05, 0) is 36.2 Å². The minimum absolute atomic E-state index is 0.0135. The van der Waals surface area contributed by atoms with E-state index >= 15 is 0 Å². The molecule has 2 N–H and O–H groups in total. The highest BCUT2D eigenvalue weighted by Crippen LogP contribution is 2.34. The normalized spacial score (nSPS) is 13.5. The van der Waals surface area contributed by atoms with Crippen molar-refractivity contribution in [3.05, 3.63) is 90.6 Å². The zero-order valence-electron chi connectivity index (χ0n) is 18.0. The van der Waals surface area contributed by atoms with E-state index in [2.05, 4.69) is 15.0 Å². The van der Waals surface area contributed by atoms with E-state index in [1.165, 1.54) is 12.3 Å². The van der Waals surface area contributed by atoms with Gasteiger partial charge in [0.25, 0.3) is 0 Å². The number of pyridine rings is 1. The van der Waals surface area contributed by atoms with E-state index in [9.17, 15) is 13.2 Å². The number of ether oxygens (including phenoxy) is 2. The van der Waals surface area contributed by atoms with Gasteiger partial charge in [-0.2, -0.15) is 4.72 Å². The molecule has 0 bridgehead atoms. The van der Waals surface area contributed by atoms with Crippen molar-refractivity contribution in [2.75, 3.05) is 12.1 Å². The number of carbonyl (C=O) groups excluding carboxylic acids is 1. The Hall–Kier alpha value is -3.95. The number of hydrogen-bond acceptors (Lipinski definition) is 6. The molecule has 9 heteroatoms. The van der Waals surface area contributed by atoms with Crippen LogP contribution in [0.4, 0.5) is 5.69 Å². The Balaban J connectivity index is 1.45. The van der Waals surface area contributed by atoms with Crippen molar-refractivity contribution >= 4 is 32.5 Å². The second-order valence-corrected chi connectivity index (χ2v) is 9.43. The van der Waals surface area contributed by atoms with Crippen LogP contribution in [-0.4, -0.2) is 32.1 Å². The fourth-order valence-electron chi connectivity index (χ4n) is 3.79. The van der Waals surface area contributed by atoms with Crippen LogP contribution in [-0.2, 0) is 21.2 Å². The van der Waals surface area contributed by atoms with Crippen LogP contribution in [0.25, 0.3) is 10.9 Å². The molecule has 1 unspecified atom stereocenters. The molecule has 172 valence electrons. The quantitative estimate of drug-likeness (QED) is 0.424. The number of hydrogen-bond donors (Lipinski definition) is 2. The molecule has 3 aromatic carbocycles. The van der Waals surface area contributed by atoms with Crippen molar-refractivity contribution in [2.45, 2.75) is 17.4 Å². The molecular weight excluding hydrogens is 454 g/mol. The molecule has 5 rings (SSSR count). The molecule has 2 heterocycles. The number of carbonyl (C=O) groups is 1. The first-order chi connectivity index (χ1) is 16.5. The van der Waals surface area contributed by atoms with Gasteiger partial charge in [0.15, 0.2) is 11.5 Å². The van der Waals surface area contributed by atoms with Gasteiger partial charge < -0.3 is 14.8 Å². The molecule has 8 nitrogen and oxygen atoms in total. The summed E-state index contributed by atoms with van der Waals surface area (Å²) in [5, 5.41) is 3.48. The predicted octanol–water partition coefficient (Wildman–Crippen LogP) is 3.49. The number of benzene rings is 3. The highest BCUT2D eigenvalue weighted by Gasteiger charge is 2.28. The minimum Gasteiger partial charge on any atom is -0.454 e. The Labute approximate surface area is 196 Å². The molecule has 0 radical (unpaired) electrons. The van der Waals surface area contributed by atoms with Crippen LogP contribution in [0.2, 0.25) is 0 Å². The molecule has 4 aromatic rings. The lowest BCUT2D eigenvalue weighted by Gasteiger charge is -2.19.